The van der Waals surface area contributed by atoms with Crippen molar-refractivity contribution in [1.82, 2.24) is 0 Å². The zero-order chi connectivity index (χ0) is 24.7. The number of amides is 1. The topological polar surface area (TPSA) is 111 Å². The van der Waals surface area contributed by atoms with Crippen molar-refractivity contribution in [1.29, 1.82) is 0 Å². The molecule has 0 unspecified atom stereocenters. The van der Waals surface area contributed by atoms with E-state index in [1.807, 2.05) is 6.92 Å². The molecule has 8 nitrogen and oxygen atoms in total. The van der Waals surface area contributed by atoms with Crippen molar-refractivity contribution < 1.29 is 27.5 Å². The van der Waals surface area contributed by atoms with Crippen LogP contribution in [0.4, 0.5) is 11.4 Å². The lowest BCUT2D eigenvalue weighted by Gasteiger charge is -2.11. The van der Waals surface area contributed by atoms with Gasteiger partial charge in [0.05, 0.1) is 22.8 Å². The predicted molar refractivity (Wildman–Crippen MR) is 130 cm³/mol. The number of carbonyl (C=O) groups is 2. The molecule has 0 spiro atoms. The highest BCUT2D eigenvalue weighted by molar-refractivity contribution is 7.92. The molecule has 0 aliphatic carbocycles. The highest BCUT2D eigenvalue weighted by atomic mass is 35.5. The highest BCUT2D eigenvalue weighted by Crippen LogP contribution is 2.23. The number of ether oxygens (including phenoxy) is 2. The van der Waals surface area contributed by atoms with Crippen LogP contribution in [0.5, 0.6) is 5.75 Å². The minimum atomic E-state index is -3.82. The summed E-state index contributed by atoms with van der Waals surface area (Å²) in [4.78, 5) is 23.8. The highest BCUT2D eigenvalue weighted by Gasteiger charge is 2.15. The van der Waals surface area contributed by atoms with Gasteiger partial charge in [0, 0.05) is 10.7 Å². The van der Waals surface area contributed by atoms with Gasteiger partial charge in [0.25, 0.3) is 15.9 Å². The molecule has 0 bridgehead atoms. The van der Waals surface area contributed by atoms with Crippen molar-refractivity contribution >= 4 is 44.9 Å². The molecule has 178 valence electrons. The van der Waals surface area contributed by atoms with E-state index in [1.165, 1.54) is 30.3 Å². The van der Waals surface area contributed by atoms with E-state index in [2.05, 4.69) is 10.0 Å². The summed E-state index contributed by atoms with van der Waals surface area (Å²) in [5.41, 5.74) is 2.06. The molecular weight excluding hydrogens is 480 g/mol. The van der Waals surface area contributed by atoms with E-state index < -0.39 is 21.9 Å². The number of halogens is 1. The molecule has 1 amide bonds. The molecule has 0 aliphatic heterocycles. The van der Waals surface area contributed by atoms with Crippen molar-refractivity contribution in [2.75, 3.05) is 23.3 Å². The zero-order valence-corrected chi connectivity index (χ0v) is 20.1. The lowest BCUT2D eigenvalue weighted by molar-refractivity contribution is -0.118. The van der Waals surface area contributed by atoms with Crippen LogP contribution in [0.2, 0.25) is 5.02 Å². The van der Waals surface area contributed by atoms with Crippen LogP contribution >= 0.6 is 11.6 Å². The van der Waals surface area contributed by atoms with Crippen molar-refractivity contribution in [3.63, 3.8) is 0 Å². The number of nitrogens with one attached hydrogen (secondary N) is 2. The van der Waals surface area contributed by atoms with Crippen LogP contribution in [0.3, 0.4) is 0 Å². The summed E-state index contributed by atoms with van der Waals surface area (Å²) in [7, 11) is -3.82. The maximum absolute atomic E-state index is 12.6. The van der Waals surface area contributed by atoms with Crippen LogP contribution in [-0.4, -0.2) is 33.5 Å². The van der Waals surface area contributed by atoms with E-state index in [1.54, 1.807) is 43.3 Å². The van der Waals surface area contributed by atoms with Crippen molar-refractivity contribution in [3.05, 3.63) is 82.9 Å². The lowest BCUT2D eigenvalue weighted by atomic mass is 10.2. The summed E-state index contributed by atoms with van der Waals surface area (Å²) >= 11 is 6.05. The fraction of sp³-hybridized carbons (Fsp3) is 0.167. The molecule has 0 saturated carbocycles. The number of sulfonamides is 1. The molecule has 3 aromatic carbocycles. The van der Waals surface area contributed by atoms with Crippen LogP contribution in [0.25, 0.3) is 0 Å². The Hall–Kier alpha value is -3.56. The van der Waals surface area contributed by atoms with Gasteiger partial charge in [-0.05, 0) is 80.1 Å². The fourth-order valence-corrected chi connectivity index (χ4v) is 4.07. The van der Waals surface area contributed by atoms with E-state index >= 15 is 0 Å². The summed E-state index contributed by atoms with van der Waals surface area (Å²) in [5.74, 6) is -0.532. The van der Waals surface area contributed by atoms with Crippen LogP contribution in [0.15, 0.2) is 71.6 Å². The second-order valence-electron chi connectivity index (χ2n) is 7.18. The molecule has 0 fully saturated rings. The quantitative estimate of drug-likeness (QED) is 0.412. The zero-order valence-electron chi connectivity index (χ0n) is 18.5. The molecule has 0 heterocycles. The number of hydrogen-bond acceptors (Lipinski definition) is 6. The molecule has 3 rings (SSSR count). The molecule has 10 heteroatoms. The van der Waals surface area contributed by atoms with Gasteiger partial charge in [-0.15, -0.1) is 0 Å². The average Bonchev–Trinajstić information content (AvgIpc) is 2.81. The minimum absolute atomic E-state index is 0.0303. The number of hydrogen-bond donors (Lipinski definition) is 2. The Bertz CT molecular complexity index is 1280. The molecule has 0 radical (unpaired) electrons. The third-order valence-corrected chi connectivity index (χ3v) is 6.41. The molecule has 0 aliphatic rings. The van der Waals surface area contributed by atoms with Gasteiger partial charge in [0.15, 0.2) is 6.61 Å². The Morgan fingerprint density at radius 3 is 2.21 bits per heavy atom. The number of benzene rings is 3. The molecule has 0 atom stereocenters. The summed E-state index contributed by atoms with van der Waals surface area (Å²) in [5, 5.41) is 3.10. The normalized spacial score (nSPS) is 10.9. The van der Waals surface area contributed by atoms with Gasteiger partial charge >= 0.3 is 5.97 Å². The Balaban J connectivity index is 1.54. The first kappa shape index (κ1) is 25.1. The third-order valence-electron chi connectivity index (χ3n) is 4.61. The Morgan fingerprint density at radius 1 is 0.941 bits per heavy atom. The van der Waals surface area contributed by atoms with Gasteiger partial charge in [-0.2, -0.15) is 0 Å². The number of esters is 1. The van der Waals surface area contributed by atoms with Crippen molar-refractivity contribution in [2.24, 2.45) is 0 Å². The van der Waals surface area contributed by atoms with E-state index in [0.717, 1.165) is 5.56 Å². The molecule has 34 heavy (non-hydrogen) atoms. The number of rotatable bonds is 9. The lowest BCUT2D eigenvalue weighted by Crippen LogP contribution is -2.20. The molecule has 3 aromatic rings. The summed E-state index contributed by atoms with van der Waals surface area (Å²) in [6, 6.07) is 16.8. The van der Waals surface area contributed by atoms with E-state index in [4.69, 9.17) is 21.1 Å². The van der Waals surface area contributed by atoms with Crippen molar-refractivity contribution in [2.45, 2.75) is 18.7 Å². The molecule has 2 N–H and O–H groups in total. The van der Waals surface area contributed by atoms with Gasteiger partial charge in [-0.3, -0.25) is 9.52 Å². The van der Waals surface area contributed by atoms with Crippen LogP contribution < -0.4 is 14.8 Å². The van der Waals surface area contributed by atoms with E-state index in [9.17, 15) is 18.0 Å². The fourth-order valence-electron chi connectivity index (χ4n) is 2.84. The summed E-state index contributed by atoms with van der Waals surface area (Å²) < 4.78 is 38.0. The minimum Gasteiger partial charge on any atom is -0.484 e. The first-order chi connectivity index (χ1) is 16.2. The number of carbonyl (C=O) groups excluding carboxylic acids is 2. The number of anilines is 2. The van der Waals surface area contributed by atoms with E-state index in [-0.39, 0.29) is 18.1 Å². The largest absolute Gasteiger partial charge is 0.484 e. The maximum Gasteiger partial charge on any atom is 0.338 e. The smallest absolute Gasteiger partial charge is 0.338 e. The first-order valence-electron chi connectivity index (χ1n) is 10.3. The molecule has 0 aromatic heterocycles. The Kier molecular flexibility index (Phi) is 8.14. The van der Waals surface area contributed by atoms with Gasteiger partial charge < -0.3 is 14.8 Å². The predicted octanol–water partition coefficient (Wildman–Crippen LogP) is 4.64. The standard InChI is InChI=1S/C24H23ClN2O6S/c1-3-32-24(29)17-5-8-18(9-6-17)26-23(28)15-33-20-10-12-21(13-11-20)34(30,31)27-19-7-4-16(2)22(25)14-19/h4-14,27H,3,15H2,1-2H3,(H,26,28). The van der Waals surface area contributed by atoms with Gasteiger partial charge in [0.2, 0.25) is 0 Å². The van der Waals surface area contributed by atoms with Gasteiger partial charge in [-0.25, -0.2) is 13.2 Å². The van der Waals surface area contributed by atoms with Crippen LogP contribution in [0, 0.1) is 6.92 Å². The SMILES string of the molecule is CCOC(=O)c1ccc(NC(=O)COc2ccc(S(=O)(=O)Nc3ccc(C)c(Cl)c3)cc2)cc1. The first-order valence-corrected chi connectivity index (χ1v) is 12.1. The van der Waals surface area contributed by atoms with Crippen molar-refractivity contribution in [3.8, 4) is 5.75 Å². The second-order valence-corrected chi connectivity index (χ2v) is 9.27. The number of aryl methyl sites for hydroxylation is 1. The Labute approximate surface area is 202 Å². The van der Waals surface area contributed by atoms with Crippen LogP contribution in [0.1, 0.15) is 22.8 Å². The average molecular weight is 503 g/mol. The second kappa shape index (κ2) is 11.0. The Morgan fingerprint density at radius 2 is 1.59 bits per heavy atom. The summed E-state index contributed by atoms with van der Waals surface area (Å²) in [6.45, 7) is 3.53. The van der Waals surface area contributed by atoms with Gasteiger partial charge in [0.1, 0.15) is 5.75 Å². The monoisotopic (exact) mass is 502 g/mol. The third kappa shape index (κ3) is 6.72. The molecular formula is C24H23ClN2O6S. The molecule has 0 saturated heterocycles. The van der Waals surface area contributed by atoms with Gasteiger partial charge in [-0.1, -0.05) is 17.7 Å². The van der Waals surface area contributed by atoms with E-state index in [0.29, 0.717) is 27.7 Å². The summed E-state index contributed by atoms with van der Waals surface area (Å²) in [6.07, 6.45) is 0. The van der Waals surface area contributed by atoms with Crippen LogP contribution in [-0.2, 0) is 19.6 Å². The maximum atomic E-state index is 12.6.